The third-order valence-electron chi connectivity index (χ3n) is 5.82. The molecule has 5 rings (SSSR count). The number of benzene rings is 2. The summed E-state index contributed by atoms with van der Waals surface area (Å²) >= 11 is 4.49. The maximum Gasteiger partial charge on any atom is 0.236 e. The zero-order chi connectivity index (χ0) is 25.2. The Bertz CT molecular complexity index is 1510. The normalized spacial score (nSPS) is 11.1. The highest BCUT2D eigenvalue weighted by atomic mass is 32.2. The summed E-state index contributed by atoms with van der Waals surface area (Å²) in [4.78, 5) is 18.4. The Morgan fingerprint density at radius 3 is 2.28 bits per heavy atom. The Hall–Kier alpha value is -3.27. The van der Waals surface area contributed by atoms with Gasteiger partial charge in [0.1, 0.15) is 0 Å². The second-order valence-corrected chi connectivity index (χ2v) is 11.4. The van der Waals surface area contributed by atoms with Crippen molar-refractivity contribution in [3.05, 3.63) is 75.3 Å². The van der Waals surface area contributed by atoms with Gasteiger partial charge in [-0.1, -0.05) is 71.4 Å². The number of thioether (sulfide) groups is 1. The molecule has 0 radical (unpaired) electrons. The number of aromatic nitrogens is 4. The monoisotopic (exact) mass is 531 g/mol. The predicted octanol–water partition coefficient (Wildman–Crippen LogP) is 6.99. The van der Waals surface area contributed by atoms with E-state index in [4.69, 9.17) is 0 Å². The quantitative estimate of drug-likeness (QED) is 0.229. The fraction of sp³-hybridized carbons (Fsp3) is 0.185. The van der Waals surface area contributed by atoms with Crippen LogP contribution in [0, 0.1) is 20.8 Å². The molecular weight excluding hydrogens is 507 g/mol. The summed E-state index contributed by atoms with van der Waals surface area (Å²) in [6, 6.07) is 16.7. The smallest absolute Gasteiger partial charge is 0.236 e. The van der Waals surface area contributed by atoms with Gasteiger partial charge in [-0.15, -0.1) is 32.9 Å². The third kappa shape index (κ3) is 5.13. The molecule has 9 heteroatoms. The first-order valence-electron chi connectivity index (χ1n) is 11.4. The molecule has 6 nitrogen and oxygen atoms in total. The van der Waals surface area contributed by atoms with Gasteiger partial charge in [-0.05, 0) is 26.3 Å². The molecule has 2 aromatic carbocycles. The van der Waals surface area contributed by atoms with E-state index < -0.39 is 0 Å². The van der Waals surface area contributed by atoms with Gasteiger partial charge in [-0.3, -0.25) is 4.79 Å². The fourth-order valence-electron chi connectivity index (χ4n) is 3.85. The zero-order valence-corrected chi connectivity index (χ0v) is 22.9. The van der Waals surface area contributed by atoms with Crippen molar-refractivity contribution in [3.63, 3.8) is 0 Å². The van der Waals surface area contributed by atoms with E-state index in [1.807, 2.05) is 29.1 Å². The van der Waals surface area contributed by atoms with Crippen LogP contribution in [0.4, 0.5) is 5.13 Å². The predicted molar refractivity (Wildman–Crippen MR) is 151 cm³/mol. The summed E-state index contributed by atoms with van der Waals surface area (Å²) in [6.07, 6.45) is 0. The van der Waals surface area contributed by atoms with E-state index >= 15 is 0 Å². The molecule has 0 atom stereocenters. The van der Waals surface area contributed by atoms with Crippen molar-refractivity contribution in [2.45, 2.75) is 25.9 Å². The molecule has 0 aliphatic heterocycles. The van der Waals surface area contributed by atoms with Crippen molar-refractivity contribution in [1.29, 1.82) is 0 Å². The maximum absolute atomic E-state index is 12.6. The largest absolute Gasteiger partial charge is 0.305 e. The molecule has 3 aromatic heterocycles. The van der Waals surface area contributed by atoms with Crippen LogP contribution in [0.25, 0.3) is 33.8 Å². The highest BCUT2D eigenvalue weighted by Gasteiger charge is 2.19. The average molecular weight is 532 g/mol. The van der Waals surface area contributed by atoms with Crippen molar-refractivity contribution in [3.8, 4) is 33.8 Å². The van der Waals surface area contributed by atoms with Gasteiger partial charge in [-0.25, -0.2) is 4.98 Å². The van der Waals surface area contributed by atoms with Crippen LogP contribution in [0.2, 0.25) is 0 Å². The highest BCUT2D eigenvalue weighted by molar-refractivity contribution is 7.99. The number of nitrogens with one attached hydrogen (secondary N) is 1. The molecule has 3 heterocycles. The van der Waals surface area contributed by atoms with E-state index in [-0.39, 0.29) is 11.7 Å². The molecule has 0 saturated heterocycles. The van der Waals surface area contributed by atoms with Crippen LogP contribution in [0.3, 0.4) is 0 Å². The number of hydrogen-bond donors (Lipinski definition) is 1. The lowest BCUT2D eigenvalue weighted by Crippen LogP contribution is -2.14. The summed E-state index contributed by atoms with van der Waals surface area (Å²) in [6.45, 7) is 6.27. The first-order valence-corrected chi connectivity index (χ1v) is 14.1. The number of carbonyl (C=O) groups is 1. The second kappa shape index (κ2) is 10.4. The number of amides is 1. The van der Waals surface area contributed by atoms with Gasteiger partial charge in [0, 0.05) is 39.4 Å². The van der Waals surface area contributed by atoms with Crippen molar-refractivity contribution in [2.75, 3.05) is 11.1 Å². The van der Waals surface area contributed by atoms with Gasteiger partial charge < -0.3 is 9.88 Å². The summed E-state index contributed by atoms with van der Waals surface area (Å²) in [5.74, 6) is 0.889. The maximum atomic E-state index is 12.6. The molecule has 0 aliphatic carbocycles. The molecule has 0 fully saturated rings. The van der Waals surface area contributed by atoms with Crippen LogP contribution in [-0.2, 0) is 11.8 Å². The van der Waals surface area contributed by atoms with Crippen molar-refractivity contribution >= 4 is 45.5 Å². The van der Waals surface area contributed by atoms with Gasteiger partial charge in [0.25, 0.3) is 0 Å². The highest BCUT2D eigenvalue weighted by Crippen LogP contribution is 2.39. The summed E-state index contributed by atoms with van der Waals surface area (Å²) in [5, 5.41) is 17.1. The van der Waals surface area contributed by atoms with Crippen LogP contribution >= 0.6 is 34.4 Å². The minimum absolute atomic E-state index is 0.124. The van der Waals surface area contributed by atoms with E-state index in [1.54, 1.807) is 11.3 Å². The number of nitrogens with zero attached hydrogens (tertiary/aromatic N) is 4. The van der Waals surface area contributed by atoms with Crippen LogP contribution in [0.15, 0.2) is 64.4 Å². The van der Waals surface area contributed by atoms with Crippen LogP contribution in [0.1, 0.15) is 16.0 Å². The first kappa shape index (κ1) is 24.4. The molecule has 0 spiro atoms. The van der Waals surface area contributed by atoms with Gasteiger partial charge >= 0.3 is 0 Å². The van der Waals surface area contributed by atoms with E-state index in [2.05, 4.69) is 83.0 Å². The Balaban J connectivity index is 1.26. The van der Waals surface area contributed by atoms with Gasteiger partial charge in [0.15, 0.2) is 16.1 Å². The van der Waals surface area contributed by atoms with Crippen molar-refractivity contribution in [2.24, 2.45) is 7.05 Å². The molecule has 182 valence electrons. The Kier molecular flexibility index (Phi) is 7.04. The van der Waals surface area contributed by atoms with E-state index in [0.717, 1.165) is 22.6 Å². The Morgan fingerprint density at radius 2 is 1.58 bits per heavy atom. The Morgan fingerprint density at radius 1 is 0.917 bits per heavy atom. The van der Waals surface area contributed by atoms with Gasteiger partial charge in [0.2, 0.25) is 5.91 Å². The molecule has 36 heavy (non-hydrogen) atoms. The lowest BCUT2D eigenvalue weighted by atomic mass is 10.0. The minimum Gasteiger partial charge on any atom is -0.305 e. The molecule has 0 saturated carbocycles. The number of aryl methyl sites for hydroxylation is 3. The number of anilines is 1. The number of rotatable bonds is 7. The topological polar surface area (TPSA) is 72.7 Å². The number of thiazole rings is 1. The summed E-state index contributed by atoms with van der Waals surface area (Å²) < 4.78 is 1.95. The summed E-state index contributed by atoms with van der Waals surface area (Å²) in [7, 11) is 1.94. The lowest BCUT2D eigenvalue weighted by molar-refractivity contribution is -0.113. The zero-order valence-electron chi connectivity index (χ0n) is 20.4. The lowest BCUT2D eigenvalue weighted by Gasteiger charge is -2.07. The van der Waals surface area contributed by atoms with Crippen molar-refractivity contribution in [1.82, 2.24) is 19.7 Å². The fourth-order valence-corrected chi connectivity index (χ4v) is 6.16. The van der Waals surface area contributed by atoms with Crippen molar-refractivity contribution < 1.29 is 4.79 Å². The Labute approximate surface area is 222 Å². The molecule has 5 aromatic rings. The van der Waals surface area contributed by atoms with E-state index in [1.165, 1.54) is 50.2 Å². The SMILES string of the molecule is Cc1ccc(-c2csc(NC(=O)CSc3nnc(-c4csc(C)c4-c4ccc(C)cc4)n3C)n2)cc1. The van der Waals surface area contributed by atoms with Crippen LogP contribution < -0.4 is 5.32 Å². The number of carbonyl (C=O) groups excluding carboxylic acids is 1. The third-order valence-corrected chi connectivity index (χ3v) is 8.51. The molecule has 0 aliphatic rings. The first-order chi connectivity index (χ1) is 17.4. The van der Waals surface area contributed by atoms with Crippen LogP contribution in [-0.4, -0.2) is 31.4 Å². The van der Waals surface area contributed by atoms with Gasteiger partial charge in [0.05, 0.1) is 11.4 Å². The number of thiophene rings is 1. The molecule has 0 unspecified atom stereocenters. The standard InChI is InChI=1S/C27H25N5OS3/c1-16-5-9-19(10-6-16)22-14-35-26(28-22)29-23(33)15-36-27-31-30-25(32(27)4)21-13-34-18(3)24(21)20-11-7-17(2)8-12-20/h5-14H,15H2,1-4H3,(H,28,29,33). The molecule has 1 amide bonds. The molecule has 0 bridgehead atoms. The van der Waals surface area contributed by atoms with E-state index in [0.29, 0.717) is 10.3 Å². The number of hydrogen-bond acceptors (Lipinski definition) is 7. The average Bonchev–Trinajstić information content (AvgIpc) is 3.58. The van der Waals surface area contributed by atoms with Crippen LogP contribution in [0.5, 0.6) is 0 Å². The molecule has 1 N–H and O–H groups in total. The van der Waals surface area contributed by atoms with Gasteiger partial charge in [-0.2, -0.15) is 0 Å². The molecular formula is C27H25N5OS3. The summed E-state index contributed by atoms with van der Waals surface area (Å²) in [5.41, 5.74) is 7.72. The minimum atomic E-state index is -0.124. The van der Waals surface area contributed by atoms with E-state index in [9.17, 15) is 4.79 Å². The second-order valence-electron chi connectivity index (χ2n) is 8.55.